The third-order valence-electron chi connectivity index (χ3n) is 4.39. The Bertz CT molecular complexity index is 990. The summed E-state index contributed by atoms with van der Waals surface area (Å²) in [6, 6.07) is 14.2. The summed E-state index contributed by atoms with van der Waals surface area (Å²) >= 11 is 0. The average Bonchev–Trinajstić information content (AvgIpc) is 3.30. The fraction of sp³-hybridized carbons (Fsp3) is 0.105. The fourth-order valence-electron chi connectivity index (χ4n) is 3.20. The quantitative estimate of drug-likeness (QED) is 0.735. The molecule has 0 saturated heterocycles. The molecule has 0 atom stereocenters. The van der Waals surface area contributed by atoms with Crippen molar-refractivity contribution >= 4 is 0 Å². The molecule has 0 aliphatic carbocycles. The third-order valence-corrected chi connectivity index (χ3v) is 4.39. The van der Waals surface area contributed by atoms with Gasteiger partial charge in [-0.05, 0) is 33.9 Å². The van der Waals surface area contributed by atoms with Crippen molar-refractivity contribution in [3.63, 3.8) is 0 Å². The van der Waals surface area contributed by atoms with Crippen molar-refractivity contribution in [2.45, 2.75) is 13.1 Å². The van der Waals surface area contributed by atoms with E-state index in [1.54, 1.807) is 17.3 Å². The molecule has 114 valence electrons. The molecule has 2 heterocycles. The average molecular weight is 311 g/mol. The van der Waals surface area contributed by atoms with Gasteiger partial charge in [0.2, 0.25) is 0 Å². The predicted octanol–water partition coefficient (Wildman–Crippen LogP) is 3.41. The van der Waals surface area contributed by atoms with Gasteiger partial charge in [0.1, 0.15) is 0 Å². The number of hydrogen-bond acceptors (Lipinski definition) is 4. The van der Waals surface area contributed by atoms with Crippen molar-refractivity contribution in [1.82, 2.24) is 15.1 Å². The number of aromatic nitrogens is 2. The van der Waals surface area contributed by atoms with E-state index in [9.17, 15) is 5.26 Å². The van der Waals surface area contributed by atoms with Gasteiger partial charge < -0.3 is 4.90 Å². The van der Waals surface area contributed by atoms with E-state index in [1.165, 1.54) is 0 Å². The molecule has 0 bridgehead atoms. The van der Waals surface area contributed by atoms with Gasteiger partial charge in [0.25, 0.3) is 0 Å². The summed E-state index contributed by atoms with van der Waals surface area (Å²) in [6.07, 6.45) is 5.75. The molecule has 1 aliphatic rings. The second kappa shape index (κ2) is 5.57. The molecular weight excluding hydrogens is 298 g/mol. The van der Waals surface area contributed by atoms with Gasteiger partial charge in [0, 0.05) is 11.8 Å². The van der Waals surface area contributed by atoms with Crippen LogP contribution in [0.4, 0.5) is 0 Å². The van der Waals surface area contributed by atoms with Gasteiger partial charge in [-0.3, -0.25) is 5.10 Å². The van der Waals surface area contributed by atoms with Gasteiger partial charge in [-0.1, -0.05) is 30.3 Å². The van der Waals surface area contributed by atoms with Crippen LogP contribution < -0.4 is 0 Å². The van der Waals surface area contributed by atoms with Gasteiger partial charge in [-0.25, -0.2) is 0 Å². The van der Waals surface area contributed by atoms with Crippen LogP contribution in [0.1, 0.15) is 16.7 Å². The molecule has 0 saturated carbocycles. The first-order valence-electron chi connectivity index (χ1n) is 7.59. The summed E-state index contributed by atoms with van der Waals surface area (Å²) in [5.74, 6) is 0. The van der Waals surface area contributed by atoms with Crippen molar-refractivity contribution in [2.75, 3.05) is 0 Å². The number of nitrogens with zero attached hydrogens (tertiary/aromatic N) is 4. The largest absolute Gasteiger partial charge is 0.302 e. The van der Waals surface area contributed by atoms with Crippen molar-refractivity contribution in [1.29, 1.82) is 10.5 Å². The number of hydrogen-bond donors (Lipinski definition) is 1. The Morgan fingerprint density at radius 1 is 1.04 bits per heavy atom. The van der Waals surface area contributed by atoms with E-state index >= 15 is 0 Å². The van der Waals surface area contributed by atoms with E-state index in [0.717, 1.165) is 33.4 Å². The first-order valence-corrected chi connectivity index (χ1v) is 7.59. The highest BCUT2D eigenvalue weighted by molar-refractivity contribution is 5.78. The van der Waals surface area contributed by atoms with Gasteiger partial charge in [-0.2, -0.15) is 15.6 Å². The van der Waals surface area contributed by atoms with Crippen LogP contribution in [0.15, 0.2) is 48.8 Å². The normalized spacial score (nSPS) is 12.5. The highest BCUT2D eigenvalue weighted by Crippen LogP contribution is 2.35. The zero-order chi connectivity index (χ0) is 16.5. The lowest BCUT2D eigenvalue weighted by atomic mass is 9.92. The van der Waals surface area contributed by atoms with Crippen LogP contribution in [0.2, 0.25) is 0 Å². The lowest BCUT2D eigenvalue weighted by Crippen LogP contribution is -2.07. The first-order chi connectivity index (χ1) is 11.8. The molecule has 1 N–H and O–H groups in total. The van der Waals surface area contributed by atoms with Crippen LogP contribution in [0.5, 0.6) is 0 Å². The minimum atomic E-state index is 0.594. The van der Waals surface area contributed by atoms with E-state index in [2.05, 4.69) is 22.5 Å². The molecule has 2 aromatic carbocycles. The summed E-state index contributed by atoms with van der Waals surface area (Å²) in [5, 5.41) is 25.5. The number of aromatic amines is 1. The maximum atomic E-state index is 9.61. The van der Waals surface area contributed by atoms with Crippen molar-refractivity contribution < 1.29 is 0 Å². The summed E-state index contributed by atoms with van der Waals surface area (Å²) < 4.78 is 0. The van der Waals surface area contributed by atoms with Crippen LogP contribution in [-0.2, 0) is 13.1 Å². The number of H-pyrrole nitrogens is 1. The molecule has 0 amide bonds. The molecule has 4 rings (SSSR count). The highest BCUT2D eigenvalue weighted by Gasteiger charge is 2.22. The van der Waals surface area contributed by atoms with E-state index in [0.29, 0.717) is 18.7 Å². The van der Waals surface area contributed by atoms with Gasteiger partial charge in [-0.15, -0.1) is 0 Å². The van der Waals surface area contributed by atoms with Gasteiger partial charge in [0.05, 0.1) is 30.9 Å². The second-order valence-corrected chi connectivity index (χ2v) is 5.76. The maximum absolute atomic E-state index is 9.61. The Morgan fingerprint density at radius 3 is 2.71 bits per heavy atom. The minimum Gasteiger partial charge on any atom is -0.302 e. The van der Waals surface area contributed by atoms with E-state index < -0.39 is 0 Å². The number of benzene rings is 2. The Kier molecular flexibility index (Phi) is 3.26. The van der Waals surface area contributed by atoms with Crippen molar-refractivity contribution in [3.05, 3.63) is 65.5 Å². The number of nitrogens with one attached hydrogen (secondary N) is 1. The first kappa shape index (κ1) is 14.0. The minimum absolute atomic E-state index is 0.594. The van der Waals surface area contributed by atoms with Gasteiger partial charge >= 0.3 is 0 Å². The molecule has 0 spiro atoms. The van der Waals surface area contributed by atoms with Crippen LogP contribution in [0.25, 0.3) is 22.3 Å². The van der Waals surface area contributed by atoms with Gasteiger partial charge in [0.15, 0.2) is 6.19 Å². The van der Waals surface area contributed by atoms with Crippen LogP contribution in [-0.4, -0.2) is 15.1 Å². The monoisotopic (exact) mass is 311 g/mol. The fourth-order valence-corrected chi connectivity index (χ4v) is 3.20. The number of rotatable bonds is 2. The topological polar surface area (TPSA) is 79.5 Å². The Balaban J connectivity index is 1.83. The molecular formula is C19H13N5. The lowest BCUT2D eigenvalue weighted by Gasteiger charge is -2.11. The maximum Gasteiger partial charge on any atom is 0.179 e. The molecule has 24 heavy (non-hydrogen) atoms. The molecule has 5 heteroatoms. The smallest absolute Gasteiger partial charge is 0.179 e. The molecule has 0 radical (unpaired) electrons. The third kappa shape index (κ3) is 2.20. The molecule has 1 aliphatic heterocycles. The zero-order valence-electron chi connectivity index (χ0n) is 12.8. The SMILES string of the molecule is N#Cc1cc(-c2cn[nH]c2)ccc1-c1cccc2c1CN(C#N)C2. The molecule has 0 fully saturated rings. The Morgan fingerprint density at radius 2 is 1.96 bits per heavy atom. The molecule has 0 unspecified atom stereocenters. The summed E-state index contributed by atoms with van der Waals surface area (Å²) in [5.41, 5.74) is 6.74. The lowest BCUT2D eigenvalue weighted by molar-refractivity contribution is 0.417. The number of fused-ring (bicyclic) bond motifs is 1. The zero-order valence-corrected chi connectivity index (χ0v) is 12.8. The van der Waals surface area contributed by atoms with E-state index in [1.807, 2.05) is 36.4 Å². The Hall–Kier alpha value is -3.57. The molecule has 1 aromatic heterocycles. The van der Waals surface area contributed by atoms with Crippen molar-refractivity contribution in [3.8, 4) is 34.5 Å². The molecule has 3 aromatic rings. The van der Waals surface area contributed by atoms with Crippen LogP contribution in [0, 0.1) is 22.8 Å². The standard InChI is InChI=1S/C19H13N5/c20-7-15-6-13(16-8-22-23-9-16)4-5-17(15)18-3-1-2-14-10-24(12-21)11-19(14)18/h1-6,8-9H,10-11H2,(H,22,23). The highest BCUT2D eigenvalue weighted by atomic mass is 15.1. The summed E-state index contributed by atoms with van der Waals surface area (Å²) in [6.45, 7) is 1.23. The Labute approximate surface area is 139 Å². The predicted molar refractivity (Wildman–Crippen MR) is 89.0 cm³/mol. The van der Waals surface area contributed by atoms with Crippen LogP contribution >= 0.6 is 0 Å². The summed E-state index contributed by atoms with van der Waals surface area (Å²) in [7, 11) is 0. The van der Waals surface area contributed by atoms with Crippen LogP contribution in [0.3, 0.4) is 0 Å². The summed E-state index contributed by atoms with van der Waals surface area (Å²) in [4.78, 5) is 1.72. The van der Waals surface area contributed by atoms with Crippen molar-refractivity contribution in [2.24, 2.45) is 0 Å². The van der Waals surface area contributed by atoms with E-state index in [4.69, 9.17) is 5.26 Å². The second-order valence-electron chi connectivity index (χ2n) is 5.76. The van der Waals surface area contributed by atoms with E-state index in [-0.39, 0.29) is 0 Å². The number of nitriles is 2. The molecule has 5 nitrogen and oxygen atoms in total.